The molecule has 0 unspecified atom stereocenters. The van der Waals surface area contributed by atoms with Crippen LogP contribution in [0.15, 0.2) is 24.3 Å². The van der Waals surface area contributed by atoms with E-state index in [4.69, 9.17) is 9.47 Å². The van der Waals surface area contributed by atoms with E-state index in [0.717, 1.165) is 0 Å². The van der Waals surface area contributed by atoms with E-state index in [0.29, 0.717) is 11.5 Å². The molecule has 0 spiro atoms. The van der Waals surface area contributed by atoms with E-state index >= 15 is 0 Å². The number of hydrogen-bond donors (Lipinski definition) is 0. The van der Waals surface area contributed by atoms with Crippen LogP contribution in [0.2, 0.25) is 0 Å². The SMILES string of the molecule is BC1(F)Oc2ccccc2O1. The molecule has 0 amide bonds. The minimum atomic E-state index is -2.00. The van der Waals surface area contributed by atoms with Crippen molar-refractivity contribution in [3.05, 3.63) is 24.3 Å². The van der Waals surface area contributed by atoms with Crippen molar-refractivity contribution in [1.29, 1.82) is 0 Å². The Morgan fingerprint density at radius 1 is 1.18 bits per heavy atom. The minimum Gasteiger partial charge on any atom is -0.431 e. The van der Waals surface area contributed by atoms with Crippen LogP contribution in [0.3, 0.4) is 0 Å². The lowest BCUT2D eigenvalue weighted by Gasteiger charge is -2.11. The van der Waals surface area contributed by atoms with Gasteiger partial charge in [-0.3, -0.25) is 0 Å². The van der Waals surface area contributed by atoms with Crippen LogP contribution >= 0.6 is 0 Å². The van der Waals surface area contributed by atoms with Crippen molar-refractivity contribution >= 4 is 7.85 Å². The molecule has 1 aromatic rings. The first kappa shape index (κ1) is 6.52. The molecular formula is C7H6BFO2. The van der Waals surface area contributed by atoms with Crippen LogP contribution in [0.25, 0.3) is 0 Å². The summed E-state index contributed by atoms with van der Waals surface area (Å²) in [7, 11) is 1.23. The molecule has 2 nitrogen and oxygen atoms in total. The quantitative estimate of drug-likeness (QED) is 0.508. The average molecular weight is 152 g/mol. The molecule has 0 aromatic heterocycles. The van der Waals surface area contributed by atoms with Crippen LogP contribution in [0, 0.1) is 0 Å². The fraction of sp³-hybridized carbons (Fsp3) is 0.143. The van der Waals surface area contributed by atoms with Gasteiger partial charge in [0.25, 0.3) is 7.85 Å². The third-order valence-electron chi connectivity index (χ3n) is 1.43. The Balaban J connectivity index is 2.41. The largest absolute Gasteiger partial charge is 0.431 e. The van der Waals surface area contributed by atoms with Gasteiger partial charge in [0.1, 0.15) is 0 Å². The maximum absolute atomic E-state index is 13.0. The van der Waals surface area contributed by atoms with Crippen molar-refractivity contribution in [1.82, 2.24) is 0 Å². The summed E-state index contributed by atoms with van der Waals surface area (Å²) >= 11 is 0. The summed E-state index contributed by atoms with van der Waals surface area (Å²) in [6, 6.07) is 6.87. The zero-order chi connectivity index (χ0) is 7.90. The second kappa shape index (κ2) is 1.90. The van der Waals surface area contributed by atoms with Gasteiger partial charge in [-0.25, -0.2) is 0 Å². The fourth-order valence-electron chi connectivity index (χ4n) is 1.03. The van der Waals surface area contributed by atoms with Crippen LogP contribution in [-0.4, -0.2) is 13.8 Å². The third-order valence-corrected chi connectivity index (χ3v) is 1.43. The smallest absolute Gasteiger partial charge is 0.348 e. The molecule has 0 radical (unpaired) electrons. The Labute approximate surface area is 64.3 Å². The molecule has 11 heavy (non-hydrogen) atoms. The Hall–Kier alpha value is -1.19. The van der Waals surface area contributed by atoms with E-state index in [1.54, 1.807) is 24.3 Å². The topological polar surface area (TPSA) is 18.5 Å². The predicted octanol–water partition coefficient (Wildman–Crippen LogP) is 0.672. The zero-order valence-corrected chi connectivity index (χ0v) is 6.00. The molecule has 0 bridgehead atoms. The van der Waals surface area contributed by atoms with E-state index in [2.05, 4.69) is 0 Å². The summed E-state index contributed by atoms with van der Waals surface area (Å²) in [5.41, 5.74) is 0. The highest BCUT2D eigenvalue weighted by Crippen LogP contribution is 2.37. The first-order chi connectivity index (χ1) is 5.17. The monoisotopic (exact) mass is 152 g/mol. The summed E-state index contributed by atoms with van der Waals surface area (Å²) in [6.45, 7) is 0. The second-order valence-electron chi connectivity index (χ2n) is 2.49. The molecule has 0 atom stereocenters. The Bertz CT molecular complexity index is 261. The molecular weight excluding hydrogens is 146 g/mol. The highest BCUT2D eigenvalue weighted by molar-refractivity contribution is 6.12. The summed E-state index contributed by atoms with van der Waals surface area (Å²) < 4.78 is 22.6. The lowest BCUT2D eigenvalue weighted by Crippen LogP contribution is -2.32. The summed E-state index contributed by atoms with van der Waals surface area (Å²) in [5, 5.41) is 0. The lowest BCUT2D eigenvalue weighted by molar-refractivity contribution is -0.112. The van der Waals surface area contributed by atoms with Crippen molar-refractivity contribution in [3.8, 4) is 11.5 Å². The molecule has 0 saturated heterocycles. The first-order valence-corrected chi connectivity index (χ1v) is 3.33. The lowest BCUT2D eigenvalue weighted by atomic mass is 10.1. The molecule has 2 rings (SSSR count). The molecule has 0 saturated carbocycles. The van der Waals surface area contributed by atoms with E-state index < -0.39 is 5.94 Å². The van der Waals surface area contributed by atoms with Gasteiger partial charge in [0.05, 0.1) is 0 Å². The molecule has 0 N–H and O–H groups in total. The summed E-state index contributed by atoms with van der Waals surface area (Å²) in [4.78, 5) is 0. The van der Waals surface area contributed by atoms with Crippen LogP contribution in [-0.2, 0) is 0 Å². The van der Waals surface area contributed by atoms with Crippen LogP contribution < -0.4 is 9.47 Å². The van der Waals surface area contributed by atoms with E-state index in [1.807, 2.05) is 0 Å². The van der Waals surface area contributed by atoms with Crippen molar-refractivity contribution in [2.75, 3.05) is 0 Å². The minimum absolute atomic E-state index is 0.456. The van der Waals surface area contributed by atoms with Gasteiger partial charge < -0.3 is 9.47 Å². The van der Waals surface area contributed by atoms with E-state index in [9.17, 15) is 4.39 Å². The van der Waals surface area contributed by atoms with Crippen molar-refractivity contribution in [2.45, 2.75) is 5.94 Å². The average Bonchev–Trinajstić information content (AvgIpc) is 2.21. The molecule has 0 aliphatic carbocycles. The first-order valence-electron chi connectivity index (χ1n) is 3.33. The normalized spacial score (nSPS) is 18.3. The Kier molecular flexibility index (Phi) is 1.13. The number of ether oxygens (including phenoxy) is 2. The van der Waals surface area contributed by atoms with Gasteiger partial charge in [0.15, 0.2) is 11.5 Å². The maximum atomic E-state index is 13.0. The number of rotatable bonds is 0. The van der Waals surface area contributed by atoms with Gasteiger partial charge in [0, 0.05) is 0 Å². The van der Waals surface area contributed by atoms with Crippen LogP contribution in [0.4, 0.5) is 4.39 Å². The van der Waals surface area contributed by atoms with E-state index in [1.165, 1.54) is 7.85 Å². The molecule has 1 aliphatic rings. The molecule has 1 aliphatic heterocycles. The molecule has 1 heterocycles. The Morgan fingerprint density at radius 3 is 2.09 bits per heavy atom. The highest BCUT2D eigenvalue weighted by Gasteiger charge is 2.35. The number of benzene rings is 1. The van der Waals surface area contributed by atoms with Gasteiger partial charge in [-0.2, -0.15) is 4.39 Å². The van der Waals surface area contributed by atoms with Gasteiger partial charge in [0.2, 0.25) is 0 Å². The molecule has 56 valence electrons. The van der Waals surface area contributed by atoms with Gasteiger partial charge in [-0.1, -0.05) is 12.1 Å². The number of alkyl halides is 1. The second-order valence-corrected chi connectivity index (χ2v) is 2.49. The number of halogens is 1. The van der Waals surface area contributed by atoms with Crippen molar-refractivity contribution in [2.24, 2.45) is 0 Å². The Morgan fingerprint density at radius 2 is 1.64 bits per heavy atom. The number of para-hydroxylation sites is 2. The zero-order valence-electron chi connectivity index (χ0n) is 6.00. The standard InChI is InChI=1S/C7H6BFO2/c8-7(9)10-5-3-1-2-4-6(5)11-7/h1-4H,8H2. The van der Waals surface area contributed by atoms with E-state index in [-0.39, 0.29) is 0 Å². The predicted molar refractivity (Wildman–Crippen MR) is 40.1 cm³/mol. The van der Waals surface area contributed by atoms with Gasteiger partial charge in [-0.15, -0.1) is 0 Å². The summed E-state index contributed by atoms with van der Waals surface area (Å²) in [6.07, 6.45) is 0. The maximum Gasteiger partial charge on any atom is 0.348 e. The fourth-order valence-corrected chi connectivity index (χ4v) is 1.03. The highest BCUT2D eigenvalue weighted by atomic mass is 19.2. The van der Waals surface area contributed by atoms with Gasteiger partial charge in [-0.05, 0) is 12.1 Å². The van der Waals surface area contributed by atoms with Crippen molar-refractivity contribution < 1.29 is 13.9 Å². The summed E-state index contributed by atoms with van der Waals surface area (Å²) in [5.74, 6) is -1.08. The van der Waals surface area contributed by atoms with Crippen LogP contribution in [0.5, 0.6) is 11.5 Å². The molecule has 0 fully saturated rings. The number of hydrogen-bond acceptors (Lipinski definition) is 2. The molecule has 4 heteroatoms. The third kappa shape index (κ3) is 1.04. The molecule has 1 aromatic carbocycles. The van der Waals surface area contributed by atoms with Crippen LogP contribution in [0.1, 0.15) is 0 Å². The van der Waals surface area contributed by atoms with Gasteiger partial charge >= 0.3 is 5.94 Å². The van der Waals surface area contributed by atoms with Crippen molar-refractivity contribution in [3.63, 3.8) is 0 Å². The number of fused-ring (bicyclic) bond motifs is 1.